The number of rotatable bonds is 3. The molecule has 5 aromatic rings. The average molecular weight is 362 g/mol. The van der Waals surface area contributed by atoms with E-state index < -0.39 is 0 Å². The topological polar surface area (TPSA) is 34.9 Å². The highest BCUT2D eigenvalue weighted by Gasteiger charge is 2.11. The van der Waals surface area contributed by atoms with Gasteiger partial charge in [0.2, 0.25) is 0 Å². The first-order valence-corrected chi connectivity index (χ1v) is 9.32. The van der Waals surface area contributed by atoms with Gasteiger partial charge in [-0.05, 0) is 17.7 Å². The van der Waals surface area contributed by atoms with Gasteiger partial charge in [-0.15, -0.1) is 0 Å². The number of benzene rings is 3. The zero-order chi connectivity index (χ0) is 18.9. The number of aromatic nitrogens is 2. The lowest BCUT2D eigenvalue weighted by molar-refractivity contribution is 0.796. The molecule has 0 amide bonds. The van der Waals surface area contributed by atoms with Gasteiger partial charge in [-0.2, -0.15) is 0 Å². The molecule has 0 unspecified atom stereocenters. The molecule has 0 bridgehead atoms. The molecule has 3 nitrogen and oxygen atoms in total. The summed E-state index contributed by atoms with van der Waals surface area (Å²) in [6.07, 6.45) is 0. The molecule has 0 N–H and O–H groups in total. The second-order valence-corrected chi connectivity index (χ2v) is 6.88. The van der Waals surface area contributed by atoms with E-state index in [4.69, 9.17) is 4.98 Å². The van der Waals surface area contributed by atoms with E-state index >= 15 is 0 Å². The van der Waals surface area contributed by atoms with Gasteiger partial charge in [-0.25, -0.2) is 4.98 Å². The van der Waals surface area contributed by atoms with Crippen molar-refractivity contribution in [2.75, 3.05) is 0 Å². The van der Waals surface area contributed by atoms with Gasteiger partial charge in [0.05, 0.1) is 23.3 Å². The minimum absolute atomic E-state index is 0.0178. The van der Waals surface area contributed by atoms with Crippen LogP contribution in [0.15, 0.2) is 102 Å². The molecule has 0 fully saturated rings. The van der Waals surface area contributed by atoms with Gasteiger partial charge in [-0.1, -0.05) is 78.9 Å². The van der Waals surface area contributed by atoms with Gasteiger partial charge in [-0.3, -0.25) is 4.79 Å². The van der Waals surface area contributed by atoms with E-state index in [-0.39, 0.29) is 5.56 Å². The first kappa shape index (κ1) is 16.5. The summed E-state index contributed by atoms with van der Waals surface area (Å²) in [6, 6.07) is 31.9. The minimum atomic E-state index is -0.0178. The zero-order valence-corrected chi connectivity index (χ0v) is 15.2. The van der Waals surface area contributed by atoms with Crippen LogP contribution < -0.4 is 5.56 Å². The van der Waals surface area contributed by atoms with Crippen molar-refractivity contribution in [3.05, 3.63) is 113 Å². The minimum Gasteiger partial charge on any atom is -0.302 e. The van der Waals surface area contributed by atoms with Crippen LogP contribution in [0.25, 0.3) is 33.1 Å². The fourth-order valence-electron chi connectivity index (χ4n) is 3.66. The number of nitrogens with zero attached hydrogens (tertiary/aromatic N) is 2. The maximum absolute atomic E-state index is 12.8. The molecule has 3 aromatic carbocycles. The Labute approximate surface area is 162 Å². The van der Waals surface area contributed by atoms with Crippen LogP contribution in [0.3, 0.4) is 0 Å². The van der Waals surface area contributed by atoms with E-state index in [0.717, 1.165) is 38.6 Å². The lowest BCUT2D eigenvalue weighted by atomic mass is 10.1. The van der Waals surface area contributed by atoms with Gasteiger partial charge in [0, 0.05) is 22.4 Å². The number of pyridine rings is 2. The average Bonchev–Trinajstić information content (AvgIpc) is 2.76. The van der Waals surface area contributed by atoms with Crippen molar-refractivity contribution in [1.29, 1.82) is 0 Å². The fourth-order valence-corrected chi connectivity index (χ4v) is 3.66. The lowest BCUT2D eigenvalue weighted by Gasteiger charge is -2.13. The Balaban J connectivity index is 1.80. The molecule has 0 saturated carbocycles. The highest BCUT2D eigenvalue weighted by atomic mass is 16.1. The highest BCUT2D eigenvalue weighted by molar-refractivity contribution is 6.03. The Kier molecular flexibility index (Phi) is 3.99. The van der Waals surface area contributed by atoms with Crippen LogP contribution in [0.2, 0.25) is 0 Å². The number of hydrogen-bond acceptors (Lipinski definition) is 2. The Bertz CT molecular complexity index is 1340. The van der Waals surface area contributed by atoms with Gasteiger partial charge in [0.1, 0.15) is 0 Å². The Morgan fingerprint density at radius 3 is 2.11 bits per heavy atom. The molecule has 0 aliphatic rings. The molecule has 0 saturated heterocycles. The van der Waals surface area contributed by atoms with Gasteiger partial charge >= 0.3 is 0 Å². The molecule has 5 rings (SSSR count). The first-order valence-electron chi connectivity index (χ1n) is 9.32. The van der Waals surface area contributed by atoms with E-state index in [9.17, 15) is 4.79 Å². The van der Waals surface area contributed by atoms with Crippen molar-refractivity contribution < 1.29 is 0 Å². The fraction of sp³-hybridized carbons (Fsp3) is 0.0400. The second kappa shape index (κ2) is 6.78. The Morgan fingerprint density at radius 1 is 0.679 bits per heavy atom. The van der Waals surface area contributed by atoms with Gasteiger partial charge in [0.15, 0.2) is 0 Å². The standard InChI is InChI=1S/C25H18N2O/c28-23-16-14-21-12-11-20-13-15-22(19-9-5-2-6-10-19)26-24(20)25(21)27(23)17-18-7-3-1-4-8-18/h1-16H,17H2. The summed E-state index contributed by atoms with van der Waals surface area (Å²) < 4.78 is 1.83. The van der Waals surface area contributed by atoms with E-state index in [1.165, 1.54) is 0 Å². The van der Waals surface area contributed by atoms with Gasteiger partial charge < -0.3 is 4.57 Å². The van der Waals surface area contributed by atoms with Crippen LogP contribution in [0.4, 0.5) is 0 Å². The molecule has 0 atom stereocenters. The molecule has 0 aliphatic heterocycles. The SMILES string of the molecule is O=c1ccc2ccc3ccc(-c4ccccc4)nc3c2n1Cc1ccccc1. The van der Waals surface area contributed by atoms with Crippen LogP contribution in [-0.2, 0) is 6.54 Å². The summed E-state index contributed by atoms with van der Waals surface area (Å²) in [5.74, 6) is 0. The summed E-state index contributed by atoms with van der Waals surface area (Å²) in [5, 5.41) is 2.04. The number of fused-ring (bicyclic) bond motifs is 3. The van der Waals surface area contributed by atoms with Crippen molar-refractivity contribution in [2.24, 2.45) is 0 Å². The predicted octanol–water partition coefficient (Wildman–Crippen LogP) is 5.27. The molecule has 3 heteroatoms. The largest absolute Gasteiger partial charge is 0.302 e. The van der Waals surface area contributed by atoms with E-state index in [2.05, 4.69) is 30.3 Å². The van der Waals surface area contributed by atoms with E-state index in [1.54, 1.807) is 6.07 Å². The van der Waals surface area contributed by atoms with Crippen LogP contribution >= 0.6 is 0 Å². The summed E-state index contributed by atoms with van der Waals surface area (Å²) in [4.78, 5) is 17.7. The van der Waals surface area contributed by atoms with Crippen LogP contribution in [-0.4, -0.2) is 9.55 Å². The van der Waals surface area contributed by atoms with Crippen molar-refractivity contribution in [3.63, 3.8) is 0 Å². The maximum Gasteiger partial charge on any atom is 0.251 e. The van der Waals surface area contributed by atoms with E-state index in [0.29, 0.717) is 6.54 Å². The third-order valence-corrected chi connectivity index (χ3v) is 5.06. The molecular weight excluding hydrogens is 344 g/mol. The first-order chi connectivity index (χ1) is 13.8. The molecule has 0 radical (unpaired) electrons. The van der Waals surface area contributed by atoms with Crippen molar-refractivity contribution in [2.45, 2.75) is 6.54 Å². The second-order valence-electron chi connectivity index (χ2n) is 6.88. The molecule has 2 heterocycles. The maximum atomic E-state index is 12.8. The van der Waals surface area contributed by atoms with Crippen molar-refractivity contribution >= 4 is 21.8 Å². The molecule has 28 heavy (non-hydrogen) atoms. The predicted molar refractivity (Wildman–Crippen MR) is 114 cm³/mol. The normalized spacial score (nSPS) is 11.1. The van der Waals surface area contributed by atoms with Crippen molar-refractivity contribution in [1.82, 2.24) is 9.55 Å². The number of hydrogen-bond donors (Lipinski definition) is 0. The zero-order valence-electron chi connectivity index (χ0n) is 15.2. The molecule has 134 valence electrons. The molecule has 0 aliphatic carbocycles. The Hall–Kier alpha value is -3.72. The molecular formula is C25H18N2O. The summed E-state index contributed by atoms with van der Waals surface area (Å²) in [6.45, 7) is 0.521. The monoisotopic (exact) mass is 362 g/mol. The quantitative estimate of drug-likeness (QED) is 0.410. The third-order valence-electron chi connectivity index (χ3n) is 5.06. The van der Waals surface area contributed by atoms with Crippen LogP contribution in [0.5, 0.6) is 0 Å². The Morgan fingerprint density at radius 2 is 1.32 bits per heavy atom. The summed E-state index contributed by atoms with van der Waals surface area (Å²) >= 11 is 0. The summed E-state index contributed by atoms with van der Waals surface area (Å²) in [5.41, 5.74) is 4.78. The lowest BCUT2D eigenvalue weighted by Crippen LogP contribution is -2.20. The van der Waals surface area contributed by atoms with Gasteiger partial charge in [0.25, 0.3) is 5.56 Å². The van der Waals surface area contributed by atoms with E-state index in [1.807, 2.05) is 65.2 Å². The molecule has 2 aromatic heterocycles. The van der Waals surface area contributed by atoms with Crippen molar-refractivity contribution in [3.8, 4) is 11.3 Å². The van der Waals surface area contributed by atoms with Crippen LogP contribution in [0.1, 0.15) is 5.56 Å². The summed E-state index contributed by atoms with van der Waals surface area (Å²) in [7, 11) is 0. The molecule has 0 spiro atoms. The third kappa shape index (κ3) is 2.87. The highest BCUT2D eigenvalue weighted by Crippen LogP contribution is 2.27. The van der Waals surface area contributed by atoms with Crippen LogP contribution in [0, 0.1) is 0 Å². The smallest absolute Gasteiger partial charge is 0.251 e.